The number of Topliss-reactive ketones (excluding diaryl/α,β-unsaturated/α-hetero) is 1. The van der Waals surface area contributed by atoms with Crippen LogP contribution < -0.4 is 5.32 Å². The highest BCUT2D eigenvalue weighted by Gasteiger charge is 2.28. The van der Waals surface area contributed by atoms with E-state index in [0.29, 0.717) is 6.42 Å². The van der Waals surface area contributed by atoms with Gasteiger partial charge in [0.25, 0.3) is 0 Å². The third-order valence-corrected chi connectivity index (χ3v) is 3.44. The largest absolute Gasteiger partial charge is 0.385 e. The maximum Gasteiger partial charge on any atom is 0.173 e. The lowest BCUT2D eigenvalue weighted by Gasteiger charge is -2.25. The van der Waals surface area contributed by atoms with E-state index in [0.717, 1.165) is 24.0 Å². The lowest BCUT2D eigenvalue weighted by molar-refractivity contribution is 0.0951. The summed E-state index contributed by atoms with van der Waals surface area (Å²) in [6.07, 6.45) is 3.21. The van der Waals surface area contributed by atoms with Crippen molar-refractivity contribution in [3.8, 4) is 0 Å². The van der Waals surface area contributed by atoms with E-state index in [2.05, 4.69) is 10.3 Å². The van der Waals surface area contributed by atoms with Crippen molar-refractivity contribution in [2.24, 2.45) is 0 Å². The van der Waals surface area contributed by atoms with Crippen LogP contribution >= 0.6 is 0 Å². The summed E-state index contributed by atoms with van der Waals surface area (Å²) in [6, 6.07) is 9.13. The summed E-state index contributed by atoms with van der Waals surface area (Å²) in [7, 11) is 0. The number of nitrogens with one attached hydrogen (secondary N) is 1. The number of fused-ring (bicyclic) bond motifs is 1. The highest BCUT2D eigenvalue weighted by molar-refractivity contribution is 6.02. The van der Waals surface area contributed by atoms with Crippen LogP contribution in [-0.4, -0.2) is 17.3 Å². The molecule has 3 nitrogen and oxygen atoms in total. The van der Waals surface area contributed by atoms with Gasteiger partial charge in [0.15, 0.2) is 11.6 Å². The van der Waals surface area contributed by atoms with Crippen molar-refractivity contribution >= 4 is 11.5 Å². The number of halogens is 1. The van der Waals surface area contributed by atoms with Crippen LogP contribution in [0.4, 0.5) is 10.1 Å². The Morgan fingerprint density at radius 2 is 2.16 bits per heavy atom. The molecule has 0 radical (unpaired) electrons. The Kier molecular flexibility index (Phi) is 2.99. The minimum atomic E-state index is -0.552. The third-order valence-electron chi connectivity index (χ3n) is 3.44. The van der Waals surface area contributed by atoms with Gasteiger partial charge in [0.05, 0.1) is 17.7 Å². The molecule has 2 heterocycles. The highest BCUT2D eigenvalue weighted by Crippen LogP contribution is 2.33. The average Bonchev–Trinajstić information content (AvgIpc) is 2.46. The molecule has 1 aliphatic heterocycles. The summed E-state index contributed by atoms with van der Waals surface area (Å²) in [4.78, 5) is 16.2. The van der Waals surface area contributed by atoms with E-state index in [1.165, 1.54) is 12.3 Å². The fraction of sp³-hybridized carbons (Fsp3) is 0.200. The van der Waals surface area contributed by atoms with Gasteiger partial charge in [-0.2, -0.15) is 0 Å². The van der Waals surface area contributed by atoms with Crippen LogP contribution in [0.2, 0.25) is 0 Å². The predicted molar refractivity (Wildman–Crippen MR) is 70.8 cm³/mol. The quantitative estimate of drug-likeness (QED) is 0.840. The Morgan fingerprint density at radius 1 is 1.32 bits per heavy atom. The Hall–Kier alpha value is -2.23. The third kappa shape index (κ3) is 2.10. The van der Waals surface area contributed by atoms with Crippen LogP contribution in [0.1, 0.15) is 28.3 Å². The van der Waals surface area contributed by atoms with E-state index in [1.54, 1.807) is 0 Å². The number of benzene rings is 1. The molecule has 0 fully saturated rings. The second kappa shape index (κ2) is 4.80. The van der Waals surface area contributed by atoms with Crippen LogP contribution in [0.25, 0.3) is 0 Å². The molecule has 0 bridgehead atoms. The standard InChI is InChI=1S/C15H13FN2O/c16-13-9-17-7-5-12(13)15(19)11-6-8-18-14-4-2-1-3-10(11)14/h1-5,7,9,11,18H,6,8H2. The van der Waals surface area contributed by atoms with Crippen molar-refractivity contribution in [3.63, 3.8) is 0 Å². The minimum Gasteiger partial charge on any atom is -0.385 e. The Bertz CT molecular complexity index is 627. The summed E-state index contributed by atoms with van der Waals surface area (Å²) in [5.74, 6) is -1.01. The first-order valence-corrected chi connectivity index (χ1v) is 6.24. The van der Waals surface area contributed by atoms with Gasteiger partial charge in [-0.25, -0.2) is 4.39 Å². The molecule has 0 saturated heterocycles. The van der Waals surface area contributed by atoms with Crippen LogP contribution in [0.15, 0.2) is 42.7 Å². The molecule has 4 heteroatoms. The first-order valence-electron chi connectivity index (χ1n) is 6.24. The SMILES string of the molecule is O=C(c1ccncc1F)C1CCNc2ccccc21. The normalized spacial score (nSPS) is 17.4. The van der Waals surface area contributed by atoms with Crippen LogP contribution in [0, 0.1) is 5.82 Å². The molecular weight excluding hydrogens is 243 g/mol. The van der Waals surface area contributed by atoms with E-state index < -0.39 is 5.82 Å². The molecule has 2 aromatic rings. The molecule has 0 spiro atoms. The number of anilines is 1. The minimum absolute atomic E-state index is 0.122. The predicted octanol–water partition coefficient (Wildman–Crippen LogP) is 3.00. The zero-order chi connectivity index (χ0) is 13.2. The summed E-state index contributed by atoms with van der Waals surface area (Å²) in [5.41, 5.74) is 2.02. The lowest BCUT2D eigenvalue weighted by atomic mass is 9.85. The lowest BCUT2D eigenvalue weighted by Crippen LogP contribution is -2.23. The number of hydrogen-bond donors (Lipinski definition) is 1. The number of para-hydroxylation sites is 1. The van der Waals surface area contributed by atoms with Gasteiger partial charge in [-0.15, -0.1) is 0 Å². The molecule has 1 aromatic heterocycles. The van der Waals surface area contributed by atoms with Gasteiger partial charge < -0.3 is 5.32 Å². The molecule has 1 aromatic carbocycles. The number of pyridine rings is 1. The van der Waals surface area contributed by atoms with Gasteiger partial charge in [-0.1, -0.05) is 18.2 Å². The van der Waals surface area contributed by atoms with Gasteiger partial charge in [0.2, 0.25) is 0 Å². The average molecular weight is 256 g/mol. The first-order chi connectivity index (χ1) is 9.27. The number of rotatable bonds is 2. The zero-order valence-corrected chi connectivity index (χ0v) is 10.3. The highest BCUT2D eigenvalue weighted by atomic mass is 19.1. The van der Waals surface area contributed by atoms with Crippen LogP contribution in [0.5, 0.6) is 0 Å². The van der Waals surface area contributed by atoms with Crippen LogP contribution in [-0.2, 0) is 0 Å². The van der Waals surface area contributed by atoms with Crippen LogP contribution in [0.3, 0.4) is 0 Å². The van der Waals surface area contributed by atoms with E-state index in [4.69, 9.17) is 0 Å². The van der Waals surface area contributed by atoms with E-state index >= 15 is 0 Å². The number of aromatic nitrogens is 1. The number of ketones is 1. The van der Waals surface area contributed by atoms with Crippen molar-refractivity contribution in [1.29, 1.82) is 0 Å². The van der Waals surface area contributed by atoms with Crippen molar-refractivity contribution in [1.82, 2.24) is 4.98 Å². The smallest absolute Gasteiger partial charge is 0.173 e. The van der Waals surface area contributed by atoms with Gasteiger partial charge in [0.1, 0.15) is 0 Å². The second-order valence-electron chi connectivity index (χ2n) is 4.58. The van der Waals surface area contributed by atoms with Crippen molar-refractivity contribution in [2.45, 2.75) is 12.3 Å². The monoisotopic (exact) mass is 256 g/mol. The summed E-state index contributed by atoms with van der Waals surface area (Å²) < 4.78 is 13.7. The Balaban J connectivity index is 2.00. The maximum absolute atomic E-state index is 13.7. The fourth-order valence-electron chi connectivity index (χ4n) is 2.50. The molecule has 1 atom stereocenters. The molecule has 3 rings (SSSR count). The molecule has 1 aliphatic rings. The fourth-order valence-corrected chi connectivity index (χ4v) is 2.50. The number of carbonyl (C=O) groups is 1. The van der Waals surface area contributed by atoms with Gasteiger partial charge in [-0.3, -0.25) is 9.78 Å². The Labute approximate surface area is 110 Å². The number of hydrogen-bond acceptors (Lipinski definition) is 3. The van der Waals surface area contributed by atoms with Crippen molar-refractivity contribution < 1.29 is 9.18 Å². The summed E-state index contributed by atoms with van der Waals surface area (Å²) >= 11 is 0. The molecule has 0 saturated carbocycles. The Morgan fingerprint density at radius 3 is 3.00 bits per heavy atom. The van der Waals surface area contributed by atoms with Gasteiger partial charge in [0, 0.05) is 18.4 Å². The zero-order valence-electron chi connectivity index (χ0n) is 10.3. The van der Waals surface area contributed by atoms with Crippen molar-refractivity contribution in [3.05, 3.63) is 59.7 Å². The maximum atomic E-state index is 13.7. The van der Waals surface area contributed by atoms with E-state index in [1.807, 2.05) is 24.3 Å². The van der Waals surface area contributed by atoms with Gasteiger partial charge in [-0.05, 0) is 24.1 Å². The topological polar surface area (TPSA) is 42.0 Å². The summed E-state index contributed by atoms with van der Waals surface area (Å²) in [6.45, 7) is 0.722. The molecule has 96 valence electrons. The molecule has 19 heavy (non-hydrogen) atoms. The molecule has 0 aliphatic carbocycles. The first kappa shape index (κ1) is 11.8. The van der Waals surface area contributed by atoms with E-state index in [9.17, 15) is 9.18 Å². The van der Waals surface area contributed by atoms with Gasteiger partial charge >= 0.3 is 0 Å². The molecule has 1 N–H and O–H groups in total. The summed E-state index contributed by atoms with van der Waals surface area (Å²) in [5, 5.41) is 3.26. The van der Waals surface area contributed by atoms with E-state index in [-0.39, 0.29) is 17.3 Å². The number of carbonyl (C=O) groups excluding carboxylic acids is 1. The second-order valence-corrected chi connectivity index (χ2v) is 4.58. The number of nitrogens with zero attached hydrogens (tertiary/aromatic N) is 1. The molecule has 0 amide bonds. The molecular formula is C15H13FN2O. The van der Waals surface area contributed by atoms with Crippen molar-refractivity contribution in [2.75, 3.05) is 11.9 Å². The molecule has 1 unspecified atom stereocenters.